The maximum Gasteiger partial charge on any atom is 0.119 e. The third-order valence-corrected chi connectivity index (χ3v) is 4.59. The highest BCUT2D eigenvalue weighted by Gasteiger charge is 2.13. The van der Waals surface area contributed by atoms with Crippen molar-refractivity contribution in [1.29, 1.82) is 0 Å². The number of rotatable bonds is 8. The van der Waals surface area contributed by atoms with Gasteiger partial charge in [-0.1, -0.05) is 57.7 Å². The predicted octanol–water partition coefficient (Wildman–Crippen LogP) is 6.24. The Hall–Kier alpha value is -1.24. The maximum atomic E-state index is 5.81. The second-order valence-electron chi connectivity index (χ2n) is 6.21. The molecule has 0 aliphatic heterocycles. The van der Waals surface area contributed by atoms with Crippen molar-refractivity contribution in [3.8, 4) is 5.75 Å². The molecule has 1 atom stereocenters. The smallest absolute Gasteiger partial charge is 0.119 e. The van der Waals surface area contributed by atoms with Crippen LogP contribution in [0, 0.1) is 5.92 Å². The Labute approximate surface area is 130 Å². The highest BCUT2D eigenvalue weighted by Crippen LogP contribution is 2.32. The third kappa shape index (κ3) is 5.22. The van der Waals surface area contributed by atoms with Crippen LogP contribution in [0.3, 0.4) is 0 Å². The van der Waals surface area contributed by atoms with Gasteiger partial charge in [-0.3, -0.25) is 0 Å². The van der Waals surface area contributed by atoms with Crippen molar-refractivity contribution in [2.24, 2.45) is 5.92 Å². The zero-order chi connectivity index (χ0) is 14.9. The Balaban J connectivity index is 1.80. The molecule has 1 unspecified atom stereocenters. The van der Waals surface area contributed by atoms with E-state index in [-0.39, 0.29) is 0 Å². The molecule has 1 heteroatoms. The van der Waals surface area contributed by atoms with E-state index in [1.54, 1.807) is 0 Å². The molecule has 2 rings (SSSR count). The molecule has 21 heavy (non-hydrogen) atoms. The van der Waals surface area contributed by atoms with Crippen molar-refractivity contribution in [1.82, 2.24) is 0 Å². The molecule has 0 N–H and O–H groups in total. The molecule has 1 aliphatic carbocycles. The molecule has 0 saturated heterocycles. The van der Waals surface area contributed by atoms with Gasteiger partial charge in [-0.05, 0) is 54.9 Å². The van der Waals surface area contributed by atoms with E-state index in [9.17, 15) is 0 Å². The SMILES string of the molecule is CCCCCCOc1ccc(C2=CCC(CC)CC2)cc1. The molecule has 0 spiro atoms. The summed E-state index contributed by atoms with van der Waals surface area (Å²) < 4.78 is 5.81. The first-order valence-corrected chi connectivity index (χ1v) is 8.75. The number of unbranched alkanes of at least 4 members (excludes halogenated alkanes) is 3. The number of hydrogen-bond donors (Lipinski definition) is 0. The molecule has 1 aliphatic rings. The van der Waals surface area contributed by atoms with Gasteiger partial charge in [0.25, 0.3) is 0 Å². The van der Waals surface area contributed by atoms with Crippen molar-refractivity contribution in [2.75, 3.05) is 6.61 Å². The van der Waals surface area contributed by atoms with Gasteiger partial charge in [-0.25, -0.2) is 0 Å². The van der Waals surface area contributed by atoms with Gasteiger partial charge in [0.1, 0.15) is 5.75 Å². The average Bonchev–Trinajstić information content (AvgIpc) is 2.55. The van der Waals surface area contributed by atoms with Gasteiger partial charge < -0.3 is 4.74 Å². The monoisotopic (exact) mass is 286 g/mol. The summed E-state index contributed by atoms with van der Waals surface area (Å²) in [6.07, 6.45) is 12.6. The fourth-order valence-corrected chi connectivity index (χ4v) is 3.01. The van der Waals surface area contributed by atoms with Gasteiger partial charge in [-0.2, -0.15) is 0 Å². The van der Waals surface area contributed by atoms with Gasteiger partial charge in [-0.15, -0.1) is 0 Å². The molecule has 0 radical (unpaired) electrons. The molecule has 0 fully saturated rings. The second kappa shape index (κ2) is 8.92. The summed E-state index contributed by atoms with van der Waals surface area (Å²) in [4.78, 5) is 0. The zero-order valence-corrected chi connectivity index (χ0v) is 13.7. The molecule has 116 valence electrons. The average molecular weight is 286 g/mol. The van der Waals surface area contributed by atoms with E-state index >= 15 is 0 Å². The van der Waals surface area contributed by atoms with Crippen LogP contribution in [-0.2, 0) is 0 Å². The van der Waals surface area contributed by atoms with Crippen LogP contribution in [0.15, 0.2) is 30.3 Å². The lowest BCUT2D eigenvalue weighted by Crippen LogP contribution is -2.04. The standard InChI is InChI=1S/C20H30O/c1-3-5-6-7-16-21-20-14-12-19(13-15-20)18-10-8-17(4-2)9-11-18/h10,12-15,17H,3-9,11,16H2,1-2H3. The van der Waals surface area contributed by atoms with Gasteiger partial charge in [0.15, 0.2) is 0 Å². The summed E-state index contributed by atoms with van der Waals surface area (Å²) in [6, 6.07) is 8.70. The highest BCUT2D eigenvalue weighted by atomic mass is 16.5. The summed E-state index contributed by atoms with van der Waals surface area (Å²) >= 11 is 0. The first-order valence-electron chi connectivity index (χ1n) is 8.75. The first kappa shape index (κ1) is 16.1. The second-order valence-corrected chi connectivity index (χ2v) is 6.21. The van der Waals surface area contributed by atoms with Crippen LogP contribution in [0.4, 0.5) is 0 Å². The topological polar surface area (TPSA) is 9.23 Å². The lowest BCUT2D eigenvalue weighted by molar-refractivity contribution is 0.305. The van der Waals surface area contributed by atoms with Crippen LogP contribution in [0.2, 0.25) is 0 Å². The van der Waals surface area contributed by atoms with Crippen molar-refractivity contribution < 1.29 is 4.74 Å². The number of benzene rings is 1. The fourth-order valence-electron chi connectivity index (χ4n) is 3.01. The third-order valence-electron chi connectivity index (χ3n) is 4.59. The van der Waals surface area contributed by atoms with Crippen LogP contribution >= 0.6 is 0 Å². The van der Waals surface area contributed by atoms with Crippen molar-refractivity contribution in [3.05, 3.63) is 35.9 Å². The molecule has 1 aromatic carbocycles. The highest BCUT2D eigenvalue weighted by molar-refractivity contribution is 5.66. The van der Waals surface area contributed by atoms with Crippen LogP contribution in [0.25, 0.3) is 5.57 Å². The van der Waals surface area contributed by atoms with E-state index in [1.807, 2.05) is 0 Å². The van der Waals surface area contributed by atoms with E-state index in [0.717, 1.165) is 18.3 Å². The lowest BCUT2D eigenvalue weighted by atomic mass is 9.85. The van der Waals surface area contributed by atoms with Crippen LogP contribution in [0.5, 0.6) is 5.75 Å². The Kier molecular flexibility index (Phi) is 6.85. The zero-order valence-electron chi connectivity index (χ0n) is 13.7. The Bertz CT molecular complexity index is 430. The van der Waals surface area contributed by atoms with Gasteiger partial charge in [0, 0.05) is 0 Å². The number of ether oxygens (including phenoxy) is 1. The van der Waals surface area contributed by atoms with Crippen molar-refractivity contribution in [2.45, 2.75) is 65.2 Å². The molecular weight excluding hydrogens is 256 g/mol. The van der Waals surface area contributed by atoms with E-state index in [4.69, 9.17) is 4.74 Å². The lowest BCUT2D eigenvalue weighted by Gasteiger charge is -2.20. The van der Waals surface area contributed by atoms with Gasteiger partial charge >= 0.3 is 0 Å². The Morgan fingerprint density at radius 3 is 2.48 bits per heavy atom. The molecule has 0 aromatic heterocycles. The molecule has 0 bridgehead atoms. The fraction of sp³-hybridized carbons (Fsp3) is 0.600. The summed E-state index contributed by atoms with van der Waals surface area (Å²) in [6.45, 7) is 5.39. The van der Waals surface area contributed by atoms with Crippen molar-refractivity contribution >= 4 is 5.57 Å². The van der Waals surface area contributed by atoms with E-state index < -0.39 is 0 Å². The van der Waals surface area contributed by atoms with Crippen LogP contribution in [0.1, 0.15) is 70.8 Å². The molecule has 1 nitrogen and oxygen atoms in total. The molecular formula is C20H30O. The number of hydrogen-bond acceptors (Lipinski definition) is 1. The molecule has 0 saturated carbocycles. The minimum Gasteiger partial charge on any atom is -0.494 e. The summed E-state index contributed by atoms with van der Waals surface area (Å²) in [7, 11) is 0. The minimum atomic E-state index is 0.847. The van der Waals surface area contributed by atoms with E-state index in [0.29, 0.717) is 0 Å². The van der Waals surface area contributed by atoms with E-state index in [1.165, 1.54) is 62.5 Å². The summed E-state index contributed by atoms with van der Waals surface area (Å²) in [5.41, 5.74) is 2.90. The molecule has 1 aromatic rings. The van der Waals surface area contributed by atoms with Gasteiger partial charge in [0.2, 0.25) is 0 Å². The largest absolute Gasteiger partial charge is 0.494 e. The maximum absolute atomic E-state index is 5.81. The first-order chi connectivity index (χ1) is 10.3. The number of allylic oxidation sites excluding steroid dienone is 2. The van der Waals surface area contributed by atoms with Crippen LogP contribution in [-0.4, -0.2) is 6.61 Å². The van der Waals surface area contributed by atoms with Crippen LogP contribution < -0.4 is 4.74 Å². The van der Waals surface area contributed by atoms with Gasteiger partial charge in [0.05, 0.1) is 6.61 Å². The normalized spacial score (nSPS) is 18.4. The van der Waals surface area contributed by atoms with Crippen molar-refractivity contribution in [3.63, 3.8) is 0 Å². The Morgan fingerprint density at radius 1 is 1.05 bits per heavy atom. The summed E-state index contributed by atoms with van der Waals surface area (Å²) in [5, 5.41) is 0. The van der Waals surface area contributed by atoms with E-state index in [2.05, 4.69) is 44.2 Å². The Morgan fingerprint density at radius 2 is 1.86 bits per heavy atom. The minimum absolute atomic E-state index is 0.847. The quantitative estimate of drug-likeness (QED) is 0.514. The molecule has 0 amide bonds. The molecule has 0 heterocycles. The predicted molar refractivity (Wildman–Crippen MR) is 91.7 cm³/mol. The summed E-state index contributed by atoms with van der Waals surface area (Å²) in [5.74, 6) is 1.91.